The van der Waals surface area contributed by atoms with Crippen molar-refractivity contribution in [1.82, 2.24) is 4.90 Å². The predicted octanol–water partition coefficient (Wildman–Crippen LogP) is 1.08. The second-order valence-electron chi connectivity index (χ2n) is 5.05. The van der Waals surface area contributed by atoms with Crippen LogP contribution in [0.2, 0.25) is 0 Å². The van der Waals surface area contributed by atoms with Crippen LogP contribution >= 0.6 is 0 Å². The van der Waals surface area contributed by atoms with Crippen molar-refractivity contribution in [2.24, 2.45) is 17.6 Å². The Bertz CT molecular complexity index is 172. The standard InChI is InChI=1S/C12H24N2O/c13-5-1-11-2-6-14(7-3-11)9-12-4-8-15-10-12/h11-12H,1-10,13H2. The molecule has 2 rings (SSSR count). The van der Waals surface area contributed by atoms with Crippen molar-refractivity contribution in [2.45, 2.75) is 25.7 Å². The molecule has 0 saturated carbocycles. The summed E-state index contributed by atoms with van der Waals surface area (Å²) in [6.07, 6.45) is 5.19. The van der Waals surface area contributed by atoms with Gasteiger partial charge in [0.1, 0.15) is 0 Å². The highest BCUT2D eigenvalue weighted by molar-refractivity contribution is 4.76. The Morgan fingerprint density at radius 2 is 1.93 bits per heavy atom. The Hall–Kier alpha value is -0.120. The smallest absolute Gasteiger partial charge is 0.0507 e. The molecule has 2 aliphatic rings. The molecule has 0 radical (unpaired) electrons. The molecule has 2 saturated heterocycles. The van der Waals surface area contributed by atoms with Crippen LogP contribution in [0.5, 0.6) is 0 Å². The van der Waals surface area contributed by atoms with Crippen molar-refractivity contribution in [3.8, 4) is 0 Å². The molecule has 0 amide bonds. The zero-order valence-electron chi connectivity index (χ0n) is 9.66. The molecule has 3 heteroatoms. The summed E-state index contributed by atoms with van der Waals surface area (Å²) in [5.41, 5.74) is 5.60. The van der Waals surface area contributed by atoms with Crippen molar-refractivity contribution < 1.29 is 4.74 Å². The summed E-state index contributed by atoms with van der Waals surface area (Å²) >= 11 is 0. The van der Waals surface area contributed by atoms with Gasteiger partial charge in [0.2, 0.25) is 0 Å². The van der Waals surface area contributed by atoms with Gasteiger partial charge in [0.25, 0.3) is 0 Å². The van der Waals surface area contributed by atoms with Gasteiger partial charge in [0, 0.05) is 13.2 Å². The molecule has 0 bridgehead atoms. The van der Waals surface area contributed by atoms with Crippen molar-refractivity contribution in [3.05, 3.63) is 0 Å². The molecule has 88 valence electrons. The first-order chi connectivity index (χ1) is 7.38. The van der Waals surface area contributed by atoms with Crippen LogP contribution in [0.25, 0.3) is 0 Å². The number of nitrogens with zero attached hydrogens (tertiary/aromatic N) is 1. The van der Waals surface area contributed by atoms with E-state index in [1.165, 1.54) is 45.3 Å². The van der Waals surface area contributed by atoms with E-state index in [1.54, 1.807) is 0 Å². The van der Waals surface area contributed by atoms with Gasteiger partial charge in [-0.05, 0) is 57.2 Å². The molecule has 2 heterocycles. The van der Waals surface area contributed by atoms with Gasteiger partial charge in [0.05, 0.1) is 6.61 Å². The highest BCUT2D eigenvalue weighted by Gasteiger charge is 2.23. The summed E-state index contributed by atoms with van der Waals surface area (Å²) in [6, 6.07) is 0. The summed E-state index contributed by atoms with van der Waals surface area (Å²) in [5, 5.41) is 0. The summed E-state index contributed by atoms with van der Waals surface area (Å²) in [6.45, 7) is 6.65. The molecule has 0 aromatic rings. The number of piperidine rings is 1. The van der Waals surface area contributed by atoms with Crippen LogP contribution in [0.3, 0.4) is 0 Å². The highest BCUT2D eigenvalue weighted by atomic mass is 16.5. The Balaban J connectivity index is 1.64. The van der Waals surface area contributed by atoms with Gasteiger partial charge in [-0.3, -0.25) is 0 Å². The Kier molecular flexibility index (Phi) is 4.42. The molecule has 3 nitrogen and oxygen atoms in total. The summed E-state index contributed by atoms with van der Waals surface area (Å²) in [7, 11) is 0. The maximum Gasteiger partial charge on any atom is 0.0507 e. The Morgan fingerprint density at radius 1 is 1.13 bits per heavy atom. The Morgan fingerprint density at radius 3 is 2.53 bits per heavy atom. The third-order valence-corrected chi connectivity index (χ3v) is 3.82. The first-order valence-corrected chi connectivity index (χ1v) is 6.38. The van der Waals surface area contributed by atoms with Crippen LogP contribution in [-0.2, 0) is 4.74 Å². The van der Waals surface area contributed by atoms with Crippen LogP contribution in [0.4, 0.5) is 0 Å². The van der Waals surface area contributed by atoms with E-state index in [0.29, 0.717) is 0 Å². The normalized spacial score (nSPS) is 29.8. The predicted molar refractivity (Wildman–Crippen MR) is 61.8 cm³/mol. The average molecular weight is 212 g/mol. The molecule has 2 N–H and O–H groups in total. The number of hydrogen-bond donors (Lipinski definition) is 1. The fourth-order valence-corrected chi connectivity index (χ4v) is 2.79. The molecule has 2 fully saturated rings. The minimum atomic E-state index is 0.802. The van der Waals surface area contributed by atoms with E-state index < -0.39 is 0 Å². The zero-order valence-corrected chi connectivity index (χ0v) is 9.66. The van der Waals surface area contributed by atoms with Crippen molar-refractivity contribution in [1.29, 1.82) is 0 Å². The monoisotopic (exact) mass is 212 g/mol. The Labute approximate surface area is 93.0 Å². The van der Waals surface area contributed by atoms with E-state index in [9.17, 15) is 0 Å². The van der Waals surface area contributed by atoms with E-state index in [-0.39, 0.29) is 0 Å². The quantitative estimate of drug-likeness (QED) is 0.758. The first-order valence-electron chi connectivity index (χ1n) is 6.38. The highest BCUT2D eigenvalue weighted by Crippen LogP contribution is 2.22. The summed E-state index contributed by atoms with van der Waals surface area (Å²) in [4.78, 5) is 2.62. The lowest BCUT2D eigenvalue weighted by Gasteiger charge is -2.33. The minimum absolute atomic E-state index is 0.802. The van der Waals surface area contributed by atoms with Gasteiger partial charge < -0.3 is 15.4 Å². The van der Waals surface area contributed by atoms with Crippen LogP contribution in [0.15, 0.2) is 0 Å². The van der Waals surface area contributed by atoms with E-state index in [4.69, 9.17) is 10.5 Å². The van der Waals surface area contributed by atoms with Crippen LogP contribution in [0.1, 0.15) is 25.7 Å². The van der Waals surface area contributed by atoms with Crippen molar-refractivity contribution in [3.63, 3.8) is 0 Å². The summed E-state index contributed by atoms with van der Waals surface area (Å²) < 4.78 is 5.42. The molecule has 15 heavy (non-hydrogen) atoms. The first kappa shape index (κ1) is 11.4. The van der Waals surface area contributed by atoms with E-state index >= 15 is 0 Å². The third-order valence-electron chi connectivity index (χ3n) is 3.82. The average Bonchev–Trinajstić information content (AvgIpc) is 2.74. The molecule has 0 aromatic heterocycles. The van der Waals surface area contributed by atoms with E-state index in [2.05, 4.69) is 4.90 Å². The third kappa shape index (κ3) is 3.44. The van der Waals surface area contributed by atoms with Crippen LogP contribution in [-0.4, -0.2) is 44.3 Å². The van der Waals surface area contributed by atoms with E-state index in [1.807, 2.05) is 0 Å². The number of nitrogens with two attached hydrogens (primary N) is 1. The maximum absolute atomic E-state index is 5.60. The van der Waals surface area contributed by atoms with Crippen LogP contribution in [0, 0.1) is 11.8 Å². The van der Waals surface area contributed by atoms with Crippen LogP contribution < -0.4 is 5.73 Å². The molecule has 2 aliphatic heterocycles. The maximum atomic E-state index is 5.60. The molecule has 1 unspecified atom stereocenters. The second-order valence-corrected chi connectivity index (χ2v) is 5.05. The van der Waals surface area contributed by atoms with E-state index in [0.717, 1.165) is 31.6 Å². The molecule has 0 aliphatic carbocycles. The van der Waals surface area contributed by atoms with Crippen molar-refractivity contribution in [2.75, 3.05) is 39.4 Å². The lowest BCUT2D eigenvalue weighted by Crippen LogP contribution is -2.37. The molecule has 0 spiro atoms. The zero-order chi connectivity index (χ0) is 10.5. The second kappa shape index (κ2) is 5.83. The topological polar surface area (TPSA) is 38.5 Å². The largest absolute Gasteiger partial charge is 0.381 e. The van der Waals surface area contributed by atoms with Crippen molar-refractivity contribution >= 4 is 0 Å². The SMILES string of the molecule is NCCC1CCN(CC2CCOC2)CC1. The summed E-state index contributed by atoms with van der Waals surface area (Å²) in [5.74, 6) is 1.70. The number of ether oxygens (including phenoxy) is 1. The fourth-order valence-electron chi connectivity index (χ4n) is 2.79. The number of rotatable bonds is 4. The van der Waals surface area contributed by atoms with Gasteiger partial charge in [-0.15, -0.1) is 0 Å². The lowest BCUT2D eigenvalue weighted by molar-refractivity contribution is 0.139. The molecular weight excluding hydrogens is 188 g/mol. The van der Waals surface area contributed by atoms with Gasteiger partial charge in [0.15, 0.2) is 0 Å². The van der Waals surface area contributed by atoms with Gasteiger partial charge in [-0.1, -0.05) is 0 Å². The number of likely N-dealkylation sites (tertiary alicyclic amines) is 1. The minimum Gasteiger partial charge on any atom is -0.381 e. The van der Waals surface area contributed by atoms with Gasteiger partial charge in [-0.25, -0.2) is 0 Å². The van der Waals surface area contributed by atoms with Gasteiger partial charge in [-0.2, -0.15) is 0 Å². The fraction of sp³-hybridized carbons (Fsp3) is 1.00. The number of hydrogen-bond acceptors (Lipinski definition) is 3. The van der Waals surface area contributed by atoms with Gasteiger partial charge >= 0.3 is 0 Å². The molecule has 0 aromatic carbocycles. The lowest BCUT2D eigenvalue weighted by atomic mass is 9.93. The molecular formula is C12H24N2O. The molecule has 1 atom stereocenters.